The number of carbonyl (C=O) groups is 1. The van der Waals surface area contributed by atoms with Crippen molar-refractivity contribution < 1.29 is 4.79 Å². The lowest BCUT2D eigenvalue weighted by atomic mass is 10.0. The molecule has 0 saturated carbocycles. The second-order valence-corrected chi connectivity index (χ2v) is 6.54. The van der Waals surface area contributed by atoms with Gasteiger partial charge in [0.15, 0.2) is 0 Å². The van der Waals surface area contributed by atoms with Gasteiger partial charge in [-0.2, -0.15) is 0 Å². The highest BCUT2D eigenvalue weighted by Gasteiger charge is 2.26. The molecule has 1 N–H and O–H groups in total. The second kappa shape index (κ2) is 8.14. The summed E-state index contributed by atoms with van der Waals surface area (Å²) in [6, 6.07) is 4.29. The van der Waals surface area contributed by atoms with E-state index in [-0.39, 0.29) is 12.1 Å². The molecule has 2 atom stereocenters. The van der Waals surface area contributed by atoms with Gasteiger partial charge < -0.3 is 14.8 Å². The lowest BCUT2D eigenvalue weighted by molar-refractivity contribution is 0.162. The molecule has 3 rings (SSSR count). The van der Waals surface area contributed by atoms with Crippen molar-refractivity contribution in [2.45, 2.75) is 51.6 Å². The smallest absolute Gasteiger partial charge is 0.317 e. The summed E-state index contributed by atoms with van der Waals surface area (Å²) < 4.78 is 2.24. The zero-order chi connectivity index (χ0) is 17.6. The van der Waals surface area contributed by atoms with Gasteiger partial charge in [-0.05, 0) is 37.0 Å². The first-order chi connectivity index (χ1) is 12.2. The Labute approximate surface area is 149 Å². The summed E-state index contributed by atoms with van der Waals surface area (Å²) in [5.74, 6) is 1.09. The van der Waals surface area contributed by atoms with Gasteiger partial charge in [-0.1, -0.05) is 13.8 Å². The SMILES string of the molecule is CCc1nccn1C1CCCN(C(=O)NC(CC)c2ccncc2)C1. The fourth-order valence-electron chi connectivity index (χ4n) is 3.57. The van der Waals surface area contributed by atoms with E-state index in [1.165, 1.54) is 0 Å². The molecule has 1 aliphatic heterocycles. The van der Waals surface area contributed by atoms with Crippen molar-refractivity contribution >= 4 is 6.03 Å². The van der Waals surface area contributed by atoms with Crippen LogP contribution in [0.25, 0.3) is 0 Å². The predicted molar refractivity (Wildman–Crippen MR) is 97.2 cm³/mol. The molecule has 0 aromatic carbocycles. The maximum Gasteiger partial charge on any atom is 0.317 e. The number of aryl methyl sites for hydroxylation is 1. The summed E-state index contributed by atoms with van der Waals surface area (Å²) in [5.41, 5.74) is 1.10. The normalized spacial score (nSPS) is 18.8. The van der Waals surface area contributed by atoms with Crippen molar-refractivity contribution in [3.8, 4) is 0 Å². The molecule has 6 heteroatoms. The van der Waals surface area contributed by atoms with Gasteiger partial charge in [0, 0.05) is 44.3 Å². The lowest BCUT2D eigenvalue weighted by Crippen LogP contribution is -2.47. The molecule has 2 aromatic heterocycles. The van der Waals surface area contributed by atoms with Gasteiger partial charge in [-0.25, -0.2) is 9.78 Å². The fraction of sp³-hybridized carbons (Fsp3) is 0.526. The number of amides is 2. The van der Waals surface area contributed by atoms with Crippen LogP contribution < -0.4 is 5.32 Å². The number of likely N-dealkylation sites (tertiary alicyclic amines) is 1. The van der Waals surface area contributed by atoms with E-state index in [1.807, 2.05) is 29.4 Å². The molecule has 0 radical (unpaired) electrons. The molecule has 0 bridgehead atoms. The van der Waals surface area contributed by atoms with E-state index >= 15 is 0 Å². The van der Waals surface area contributed by atoms with Crippen molar-refractivity contribution in [2.75, 3.05) is 13.1 Å². The van der Waals surface area contributed by atoms with E-state index in [1.54, 1.807) is 12.4 Å². The standard InChI is InChI=1S/C19H27N5O/c1-3-17(15-7-9-20-10-8-15)22-19(25)23-12-5-6-16(14-23)24-13-11-21-18(24)4-2/h7-11,13,16-17H,3-6,12,14H2,1-2H3,(H,22,25). The number of aromatic nitrogens is 3. The Morgan fingerprint density at radius 1 is 1.32 bits per heavy atom. The molecule has 1 saturated heterocycles. The van der Waals surface area contributed by atoms with Crippen LogP contribution in [0.1, 0.15) is 56.6 Å². The molecule has 1 aliphatic rings. The van der Waals surface area contributed by atoms with Crippen LogP contribution in [0, 0.1) is 0 Å². The minimum absolute atomic E-state index is 0.0199. The number of carbonyl (C=O) groups excluding carboxylic acids is 1. The molecule has 2 aromatic rings. The van der Waals surface area contributed by atoms with E-state index in [4.69, 9.17) is 0 Å². The van der Waals surface area contributed by atoms with Crippen molar-refractivity contribution in [1.82, 2.24) is 24.8 Å². The van der Waals surface area contributed by atoms with E-state index in [0.717, 1.165) is 50.2 Å². The number of piperidine rings is 1. The molecule has 6 nitrogen and oxygen atoms in total. The number of pyridine rings is 1. The van der Waals surface area contributed by atoms with Crippen LogP contribution in [0.5, 0.6) is 0 Å². The first-order valence-corrected chi connectivity index (χ1v) is 9.20. The van der Waals surface area contributed by atoms with Gasteiger partial charge in [0.25, 0.3) is 0 Å². The summed E-state index contributed by atoms with van der Waals surface area (Å²) in [6.07, 6.45) is 11.3. The largest absolute Gasteiger partial charge is 0.331 e. The average molecular weight is 341 g/mol. The van der Waals surface area contributed by atoms with Crippen LogP contribution in [-0.4, -0.2) is 38.6 Å². The van der Waals surface area contributed by atoms with Gasteiger partial charge in [-0.3, -0.25) is 4.98 Å². The number of hydrogen-bond donors (Lipinski definition) is 1. The third kappa shape index (κ3) is 4.00. The molecular formula is C19H27N5O. The lowest BCUT2D eigenvalue weighted by Gasteiger charge is -2.35. The fourth-order valence-corrected chi connectivity index (χ4v) is 3.57. The molecule has 0 spiro atoms. The Hall–Kier alpha value is -2.37. The molecule has 134 valence electrons. The number of rotatable bonds is 5. The van der Waals surface area contributed by atoms with Crippen molar-refractivity contribution in [1.29, 1.82) is 0 Å². The predicted octanol–water partition coefficient (Wildman–Crippen LogP) is 3.34. The Morgan fingerprint density at radius 2 is 2.12 bits per heavy atom. The van der Waals surface area contributed by atoms with Crippen LogP contribution in [0.15, 0.2) is 36.9 Å². The molecular weight excluding hydrogens is 314 g/mol. The number of nitrogens with one attached hydrogen (secondary N) is 1. The number of hydrogen-bond acceptors (Lipinski definition) is 3. The van der Waals surface area contributed by atoms with Crippen molar-refractivity contribution in [3.63, 3.8) is 0 Å². The zero-order valence-electron chi connectivity index (χ0n) is 15.1. The highest BCUT2D eigenvalue weighted by molar-refractivity contribution is 5.74. The van der Waals surface area contributed by atoms with Gasteiger partial charge in [0.2, 0.25) is 0 Å². The van der Waals surface area contributed by atoms with Crippen LogP contribution in [0.4, 0.5) is 4.79 Å². The van der Waals surface area contributed by atoms with Crippen LogP contribution in [0.3, 0.4) is 0 Å². The maximum absolute atomic E-state index is 12.8. The van der Waals surface area contributed by atoms with Gasteiger partial charge in [0.05, 0.1) is 12.1 Å². The van der Waals surface area contributed by atoms with Crippen molar-refractivity contribution in [3.05, 3.63) is 48.3 Å². The van der Waals surface area contributed by atoms with Gasteiger partial charge in [0.1, 0.15) is 5.82 Å². The molecule has 2 unspecified atom stereocenters. The van der Waals surface area contributed by atoms with E-state index < -0.39 is 0 Å². The number of urea groups is 1. The second-order valence-electron chi connectivity index (χ2n) is 6.54. The third-order valence-corrected chi connectivity index (χ3v) is 4.96. The monoisotopic (exact) mass is 341 g/mol. The minimum atomic E-state index is 0.0199. The Balaban J connectivity index is 1.65. The summed E-state index contributed by atoms with van der Waals surface area (Å²) in [5, 5.41) is 3.18. The molecule has 1 fully saturated rings. The molecule has 25 heavy (non-hydrogen) atoms. The summed E-state index contributed by atoms with van der Waals surface area (Å²) in [4.78, 5) is 23.2. The summed E-state index contributed by atoms with van der Waals surface area (Å²) >= 11 is 0. The zero-order valence-corrected chi connectivity index (χ0v) is 15.1. The number of nitrogens with zero attached hydrogens (tertiary/aromatic N) is 4. The van der Waals surface area contributed by atoms with Crippen molar-refractivity contribution in [2.24, 2.45) is 0 Å². The average Bonchev–Trinajstić information content (AvgIpc) is 3.15. The van der Waals surface area contributed by atoms with E-state index in [2.05, 4.69) is 33.7 Å². The first-order valence-electron chi connectivity index (χ1n) is 9.20. The molecule has 0 aliphatic carbocycles. The van der Waals surface area contributed by atoms with E-state index in [0.29, 0.717) is 6.04 Å². The van der Waals surface area contributed by atoms with E-state index in [9.17, 15) is 4.79 Å². The third-order valence-electron chi connectivity index (χ3n) is 4.96. The molecule has 3 heterocycles. The first kappa shape index (κ1) is 17.5. The van der Waals surface area contributed by atoms with Crippen LogP contribution in [-0.2, 0) is 6.42 Å². The highest BCUT2D eigenvalue weighted by atomic mass is 16.2. The van der Waals surface area contributed by atoms with Gasteiger partial charge >= 0.3 is 6.03 Å². The topological polar surface area (TPSA) is 63.1 Å². The Kier molecular flexibility index (Phi) is 5.68. The van der Waals surface area contributed by atoms with Gasteiger partial charge in [-0.15, -0.1) is 0 Å². The summed E-state index contributed by atoms with van der Waals surface area (Å²) in [7, 11) is 0. The minimum Gasteiger partial charge on any atom is -0.331 e. The Morgan fingerprint density at radius 3 is 2.84 bits per heavy atom. The summed E-state index contributed by atoms with van der Waals surface area (Å²) in [6.45, 7) is 5.75. The molecule has 2 amide bonds. The quantitative estimate of drug-likeness (QED) is 0.907. The van der Waals surface area contributed by atoms with Crippen LogP contribution in [0.2, 0.25) is 0 Å². The Bertz CT molecular complexity index is 684. The highest BCUT2D eigenvalue weighted by Crippen LogP contribution is 2.24. The van der Waals surface area contributed by atoms with Crippen LogP contribution >= 0.6 is 0 Å². The maximum atomic E-state index is 12.8. The number of imidazole rings is 1.